The van der Waals surface area contributed by atoms with Crippen LogP contribution in [0.5, 0.6) is 5.75 Å². The Balaban J connectivity index is 1.79. The first-order chi connectivity index (χ1) is 11.8. The van der Waals surface area contributed by atoms with Crippen LogP contribution in [0.25, 0.3) is 0 Å². The van der Waals surface area contributed by atoms with Crippen molar-refractivity contribution in [3.8, 4) is 5.75 Å². The van der Waals surface area contributed by atoms with E-state index in [9.17, 15) is 19.5 Å². The smallest absolute Gasteiger partial charge is 0.307 e. The van der Waals surface area contributed by atoms with Crippen LogP contribution in [0, 0.1) is 11.8 Å². The number of hydrogen-bond acceptors (Lipinski definition) is 4. The largest absolute Gasteiger partial charge is 0.487 e. The number of aliphatic carboxylic acids is 1. The third kappa shape index (κ3) is 3.57. The van der Waals surface area contributed by atoms with Crippen LogP contribution in [-0.4, -0.2) is 28.4 Å². The van der Waals surface area contributed by atoms with Gasteiger partial charge in [-0.1, -0.05) is 12.2 Å². The molecular weight excluding hydrogens is 322 g/mol. The molecule has 0 radical (unpaired) electrons. The van der Waals surface area contributed by atoms with Gasteiger partial charge in [-0.2, -0.15) is 0 Å². The lowest BCUT2D eigenvalue weighted by Crippen LogP contribution is -2.36. The molecule has 2 aliphatic rings. The number of rotatable bonds is 3. The Morgan fingerprint density at radius 2 is 1.88 bits per heavy atom. The van der Waals surface area contributed by atoms with Crippen molar-refractivity contribution in [2.45, 2.75) is 38.7 Å². The van der Waals surface area contributed by atoms with Crippen molar-refractivity contribution in [3.63, 3.8) is 0 Å². The number of ether oxygens (including phenoxy) is 1. The average molecular weight is 343 g/mol. The number of carbonyl (C=O) groups is 3. The summed E-state index contributed by atoms with van der Waals surface area (Å²) < 4.78 is 5.79. The van der Waals surface area contributed by atoms with Crippen LogP contribution in [0.3, 0.4) is 0 Å². The Kier molecular flexibility index (Phi) is 4.37. The van der Waals surface area contributed by atoms with Gasteiger partial charge in [-0.05, 0) is 44.9 Å². The van der Waals surface area contributed by atoms with Gasteiger partial charge in [-0.3, -0.25) is 14.4 Å². The van der Waals surface area contributed by atoms with Gasteiger partial charge in [0.05, 0.1) is 23.8 Å². The molecule has 2 unspecified atom stereocenters. The number of carboxylic acid groups (broad SMARTS) is 1. The molecular formula is C19H21NO5. The second-order valence-corrected chi connectivity index (χ2v) is 7.16. The molecule has 0 bridgehead atoms. The summed E-state index contributed by atoms with van der Waals surface area (Å²) in [6, 6.07) is 4.93. The van der Waals surface area contributed by atoms with E-state index in [1.807, 2.05) is 19.9 Å². The topological polar surface area (TPSA) is 92.7 Å². The molecule has 6 nitrogen and oxygen atoms in total. The van der Waals surface area contributed by atoms with Gasteiger partial charge in [0, 0.05) is 5.69 Å². The normalized spacial score (nSPS) is 24.2. The van der Waals surface area contributed by atoms with E-state index in [1.54, 1.807) is 24.3 Å². The number of allylic oxidation sites excluding steroid dienone is 2. The van der Waals surface area contributed by atoms with Crippen LogP contribution in [0.1, 0.15) is 43.5 Å². The first-order valence-electron chi connectivity index (χ1n) is 8.32. The monoisotopic (exact) mass is 343 g/mol. The van der Waals surface area contributed by atoms with Crippen molar-refractivity contribution in [1.82, 2.24) is 0 Å². The summed E-state index contributed by atoms with van der Waals surface area (Å²) >= 11 is 0. The lowest BCUT2D eigenvalue weighted by molar-refractivity contribution is -0.146. The van der Waals surface area contributed by atoms with Crippen molar-refractivity contribution in [2.75, 3.05) is 5.32 Å². The second kappa shape index (κ2) is 6.35. The van der Waals surface area contributed by atoms with Crippen molar-refractivity contribution < 1.29 is 24.2 Å². The van der Waals surface area contributed by atoms with E-state index in [2.05, 4.69) is 5.32 Å². The molecule has 2 atom stereocenters. The van der Waals surface area contributed by atoms with Gasteiger partial charge in [-0.15, -0.1) is 0 Å². The fourth-order valence-electron chi connectivity index (χ4n) is 3.34. The minimum absolute atomic E-state index is 0.0358. The van der Waals surface area contributed by atoms with Gasteiger partial charge in [-0.25, -0.2) is 0 Å². The Morgan fingerprint density at radius 3 is 2.56 bits per heavy atom. The lowest BCUT2D eigenvalue weighted by Gasteiger charge is -2.31. The fourth-order valence-corrected chi connectivity index (χ4v) is 3.34. The Morgan fingerprint density at radius 1 is 1.20 bits per heavy atom. The number of carbonyl (C=O) groups excluding carboxylic acids is 2. The number of carboxylic acids is 1. The van der Waals surface area contributed by atoms with Crippen molar-refractivity contribution >= 4 is 23.3 Å². The standard InChI is InChI=1S/C19H21NO5/c1-19(2)10-15(21)14-9-11(7-8-16(14)25-19)20-17(22)12-5-3-4-6-13(12)18(23)24/h3-4,7-9,12-13H,5-6,10H2,1-2H3,(H,20,22)(H,23,24). The molecule has 1 heterocycles. The van der Waals surface area contributed by atoms with E-state index in [1.165, 1.54) is 0 Å². The van der Waals surface area contributed by atoms with Crippen LogP contribution in [0.4, 0.5) is 5.69 Å². The van der Waals surface area contributed by atoms with E-state index < -0.39 is 23.4 Å². The summed E-state index contributed by atoms with van der Waals surface area (Å²) in [6.07, 6.45) is 4.63. The van der Waals surface area contributed by atoms with Crippen LogP contribution in [-0.2, 0) is 9.59 Å². The maximum atomic E-state index is 12.5. The van der Waals surface area contributed by atoms with Gasteiger partial charge in [0.25, 0.3) is 0 Å². The highest BCUT2D eigenvalue weighted by Gasteiger charge is 2.35. The molecule has 1 amide bonds. The third-order valence-electron chi connectivity index (χ3n) is 4.61. The number of ketones is 1. The minimum atomic E-state index is -0.972. The fraction of sp³-hybridized carbons (Fsp3) is 0.421. The number of fused-ring (bicyclic) bond motifs is 1. The zero-order valence-electron chi connectivity index (χ0n) is 14.2. The molecule has 2 N–H and O–H groups in total. The number of nitrogens with one attached hydrogen (secondary N) is 1. The zero-order valence-corrected chi connectivity index (χ0v) is 14.2. The molecule has 0 saturated heterocycles. The molecule has 0 fully saturated rings. The van der Waals surface area contributed by atoms with Gasteiger partial charge in [0.15, 0.2) is 5.78 Å². The summed E-state index contributed by atoms with van der Waals surface area (Å²) in [5.41, 5.74) is 0.368. The van der Waals surface area contributed by atoms with E-state index in [4.69, 9.17) is 4.74 Å². The summed E-state index contributed by atoms with van der Waals surface area (Å²) in [7, 11) is 0. The predicted molar refractivity (Wildman–Crippen MR) is 91.7 cm³/mol. The van der Waals surface area contributed by atoms with Crippen molar-refractivity contribution in [3.05, 3.63) is 35.9 Å². The second-order valence-electron chi connectivity index (χ2n) is 7.16. The van der Waals surface area contributed by atoms with Crippen molar-refractivity contribution in [1.29, 1.82) is 0 Å². The maximum Gasteiger partial charge on any atom is 0.307 e. The number of Topliss-reactive ketones (excluding diaryl/α,β-unsaturated/α-hetero) is 1. The van der Waals surface area contributed by atoms with Crippen LogP contribution < -0.4 is 10.1 Å². The highest BCUT2D eigenvalue weighted by atomic mass is 16.5. The van der Waals surface area contributed by atoms with Gasteiger partial charge >= 0.3 is 5.97 Å². The Hall–Kier alpha value is -2.63. The molecule has 0 spiro atoms. The average Bonchev–Trinajstić information content (AvgIpc) is 2.54. The number of anilines is 1. The van der Waals surface area contributed by atoms with E-state index in [0.29, 0.717) is 29.8 Å². The highest BCUT2D eigenvalue weighted by Crippen LogP contribution is 2.35. The molecule has 1 aliphatic carbocycles. The molecule has 0 saturated carbocycles. The molecule has 0 aromatic heterocycles. The molecule has 1 aromatic carbocycles. The van der Waals surface area contributed by atoms with Crippen LogP contribution in [0.2, 0.25) is 0 Å². The zero-order chi connectivity index (χ0) is 18.2. The maximum absolute atomic E-state index is 12.5. The number of hydrogen-bond donors (Lipinski definition) is 2. The molecule has 3 rings (SSSR count). The quantitative estimate of drug-likeness (QED) is 0.823. The lowest BCUT2D eigenvalue weighted by atomic mass is 9.82. The minimum Gasteiger partial charge on any atom is -0.487 e. The number of benzene rings is 1. The summed E-state index contributed by atoms with van der Waals surface area (Å²) in [4.78, 5) is 36.2. The van der Waals surface area contributed by atoms with Gasteiger partial charge in [0.2, 0.25) is 5.91 Å². The van der Waals surface area contributed by atoms with Gasteiger partial charge in [0.1, 0.15) is 11.4 Å². The first kappa shape index (κ1) is 17.2. The highest BCUT2D eigenvalue weighted by molar-refractivity contribution is 6.02. The van der Waals surface area contributed by atoms with Crippen LogP contribution >= 0.6 is 0 Å². The van der Waals surface area contributed by atoms with Gasteiger partial charge < -0.3 is 15.2 Å². The summed E-state index contributed by atoms with van der Waals surface area (Å²) in [6.45, 7) is 3.71. The molecule has 6 heteroatoms. The molecule has 1 aliphatic heterocycles. The van der Waals surface area contributed by atoms with E-state index in [-0.39, 0.29) is 18.1 Å². The molecule has 25 heavy (non-hydrogen) atoms. The van der Waals surface area contributed by atoms with Crippen molar-refractivity contribution in [2.24, 2.45) is 11.8 Å². The first-order valence-corrected chi connectivity index (χ1v) is 8.32. The summed E-state index contributed by atoms with van der Waals surface area (Å²) in [5, 5.41) is 12.0. The SMILES string of the molecule is CC1(C)CC(=O)c2cc(NC(=O)C3CC=CCC3C(=O)O)ccc2O1. The third-order valence-corrected chi connectivity index (χ3v) is 4.61. The van der Waals surface area contributed by atoms with Crippen LogP contribution in [0.15, 0.2) is 30.4 Å². The van der Waals surface area contributed by atoms with E-state index >= 15 is 0 Å². The molecule has 1 aromatic rings. The number of amides is 1. The Labute approximate surface area is 145 Å². The molecule has 132 valence electrons. The van der Waals surface area contributed by atoms with E-state index in [0.717, 1.165) is 0 Å². The predicted octanol–water partition coefficient (Wildman–Crippen LogP) is 3.04. The summed E-state index contributed by atoms with van der Waals surface area (Å²) in [5.74, 6) is -2.20. The Bertz CT molecular complexity index is 765.